The molecule has 1 aliphatic rings. The number of aliphatic hydroxyl groups excluding tert-OH is 3. The first kappa shape index (κ1) is 65.3. The minimum Gasteiger partial charge on any atom is -0.508 e. The summed E-state index contributed by atoms with van der Waals surface area (Å²) >= 11 is 0. The molecule has 18 heteroatoms. The van der Waals surface area contributed by atoms with Crippen LogP contribution < -0.4 is 38.5 Å². The number of carbonyl (C=O) groups is 5. The number of carbonyl (C=O) groups excluding carboxylic acids is 5. The maximum absolute atomic E-state index is 14.4. The summed E-state index contributed by atoms with van der Waals surface area (Å²) in [5, 5.41) is 55.2. The molecular weight excluding hydrogens is 995 g/mol. The fourth-order valence-corrected chi connectivity index (χ4v) is 10.1. The van der Waals surface area contributed by atoms with E-state index in [0.29, 0.717) is 31.4 Å². The Morgan fingerprint density at radius 3 is 1.76 bits per heavy atom. The second-order valence-corrected chi connectivity index (χ2v) is 21.5. The van der Waals surface area contributed by atoms with Gasteiger partial charge in [-0.3, -0.25) is 24.0 Å². The standard InChI is InChI=1S/C60H95N7O11/c1-4-5-6-7-8-9-10-11-12-13-14-15-16-17-18-25-34-77-60-53(71)51(69)52(70)54(78-60)59(76)64-33-24-22-29-49(66-56(73)47(62)39-46-40(2)35-45(68)36-41(46)3)57(74)67-50(58(75)65-48(55(63)72)28-21-23-32-61)38-42-30-31-43-26-19-20-27-44(43)37-42/h19-20,26-27,30-31,35-37,47-54,60,68-71H,4-18,21-25,28-29,32-34,38-39,61-62H2,1-3H3,(H2,63,72)(H,64,76)(H,65,75)(H,66,73)(H,67,74)/t47-,48-,49+,50-,51-,52-,53+,54-,60+/m0/s1. The highest BCUT2D eigenvalue weighted by molar-refractivity contribution is 5.95. The van der Waals surface area contributed by atoms with Crippen molar-refractivity contribution in [2.45, 2.75) is 230 Å². The van der Waals surface area contributed by atoms with Crippen LogP contribution >= 0.6 is 0 Å². The van der Waals surface area contributed by atoms with Gasteiger partial charge in [0.2, 0.25) is 23.6 Å². The average Bonchev–Trinajstić information content (AvgIpc) is 3.42. The first-order valence-corrected chi connectivity index (χ1v) is 29.1. The number of hydrogen-bond donors (Lipinski definition) is 11. The van der Waals surface area contributed by atoms with E-state index in [9.17, 15) is 44.4 Å². The smallest absolute Gasteiger partial charge is 0.252 e. The third-order valence-corrected chi connectivity index (χ3v) is 14.9. The van der Waals surface area contributed by atoms with Crippen LogP contribution in [0.5, 0.6) is 5.75 Å². The highest BCUT2D eigenvalue weighted by atomic mass is 16.7. The van der Waals surface area contributed by atoms with Crippen molar-refractivity contribution in [2.24, 2.45) is 17.2 Å². The lowest BCUT2D eigenvalue weighted by Gasteiger charge is -2.39. The van der Waals surface area contributed by atoms with Crippen molar-refractivity contribution in [2.75, 3.05) is 19.7 Å². The van der Waals surface area contributed by atoms with Crippen molar-refractivity contribution in [3.8, 4) is 5.75 Å². The topological polar surface area (TPSA) is 311 Å². The van der Waals surface area contributed by atoms with Crippen LogP contribution in [-0.2, 0) is 46.3 Å². The predicted molar refractivity (Wildman–Crippen MR) is 304 cm³/mol. The molecule has 5 amide bonds. The van der Waals surface area contributed by atoms with Crippen molar-refractivity contribution in [3.63, 3.8) is 0 Å². The van der Waals surface area contributed by atoms with Gasteiger partial charge in [0.1, 0.15) is 42.2 Å². The molecular formula is C60H95N7O11. The van der Waals surface area contributed by atoms with Gasteiger partial charge in [-0.15, -0.1) is 0 Å². The van der Waals surface area contributed by atoms with Gasteiger partial charge in [-0.1, -0.05) is 146 Å². The molecule has 3 aromatic rings. The van der Waals surface area contributed by atoms with Gasteiger partial charge in [-0.2, -0.15) is 0 Å². The Morgan fingerprint density at radius 2 is 1.15 bits per heavy atom. The monoisotopic (exact) mass is 1090 g/mol. The highest BCUT2D eigenvalue weighted by Gasteiger charge is 2.47. The number of phenols is 1. The maximum Gasteiger partial charge on any atom is 0.252 e. The Bertz CT molecular complexity index is 2260. The number of nitrogens with two attached hydrogens (primary N) is 3. The molecule has 3 aromatic carbocycles. The number of aryl methyl sites for hydroxylation is 2. The summed E-state index contributed by atoms with van der Waals surface area (Å²) in [6, 6.07) is 11.9. The minimum absolute atomic E-state index is 0.0224. The Hall–Kier alpha value is -5.21. The molecule has 436 valence electrons. The number of hydrogen-bond acceptors (Lipinski definition) is 13. The molecule has 4 rings (SSSR count). The summed E-state index contributed by atoms with van der Waals surface area (Å²) in [6.45, 7) is 6.51. The zero-order valence-corrected chi connectivity index (χ0v) is 46.9. The molecule has 14 N–H and O–H groups in total. The number of primary amides is 1. The molecule has 0 aliphatic carbocycles. The summed E-state index contributed by atoms with van der Waals surface area (Å²) in [5.74, 6) is -3.41. The van der Waals surface area contributed by atoms with E-state index in [2.05, 4.69) is 28.2 Å². The van der Waals surface area contributed by atoms with Gasteiger partial charge >= 0.3 is 0 Å². The average molecular weight is 1090 g/mol. The molecule has 1 fully saturated rings. The first-order chi connectivity index (χ1) is 37.5. The van der Waals surface area contributed by atoms with Gasteiger partial charge in [0.05, 0.1) is 6.04 Å². The van der Waals surface area contributed by atoms with E-state index >= 15 is 0 Å². The van der Waals surface area contributed by atoms with Crippen LogP contribution in [0.25, 0.3) is 10.8 Å². The lowest BCUT2D eigenvalue weighted by molar-refractivity contribution is -0.290. The number of ether oxygens (including phenoxy) is 2. The third kappa shape index (κ3) is 22.9. The Morgan fingerprint density at radius 1 is 0.615 bits per heavy atom. The fourth-order valence-electron chi connectivity index (χ4n) is 10.1. The molecule has 0 unspecified atom stereocenters. The van der Waals surface area contributed by atoms with Gasteiger partial charge in [0.25, 0.3) is 5.91 Å². The molecule has 0 spiro atoms. The fraction of sp³-hybridized carbons (Fsp3) is 0.650. The second-order valence-electron chi connectivity index (χ2n) is 21.5. The summed E-state index contributed by atoms with van der Waals surface area (Å²) in [5.41, 5.74) is 20.8. The molecule has 1 saturated heterocycles. The van der Waals surface area contributed by atoms with Gasteiger partial charge in [-0.05, 0) is 117 Å². The van der Waals surface area contributed by atoms with Crippen molar-refractivity contribution in [1.29, 1.82) is 0 Å². The number of fused-ring (bicyclic) bond motifs is 1. The van der Waals surface area contributed by atoms with E-state index in [4.69, 9.17) is 26.7 Å². The largest absolute Gasteiger partial charge is 0.508 e. The van der Waals surface area contributed by atoms with E-state index < -0.39 is 84.4 Å². The van der Waals surface area contributed by atoms with Crippen LogP contribution in [0.2, 0.25) is 0 Å². The minimum atomic E-state index is -1.74. The van der Waals surface area contributed by atoms with E-state index in [1.165, 1.54) is 77.0 Å². The molecule has 18 nitrogen and oxygen atoms in total. The van der Waals surface area contributed by atoms with Gasteiger partial charge in [-0.25, -0.2) is 0 Å². The van der Waals surface area contributed by atoms with E-state index in [1.54, 1.807) is 26.0 Å². The van der Waals surface area contributed by atoms with Crippen LogP contribution in [0.1, 0.15) is 170 Å². The van der Waals surface area contributed by atoms with E-state index in [-0.39, 0.29) is 57.4 Å². The molecule has 1 aliphatic heterocycles. The Kier molecular flexibility index (Phi) is 30.2. The Balaban J connectivity index is 1.34. The van der Waals surface area contributed by atoms with Crippen molar-refractivity contribution in [1.82, 2.24) is 21.3 Å². The molecule has 0 radical (unpaired) electrons. The van der Waals surface area contributed by atoms with Crippen molar-refractivity contribution >= 4 is 40.3 Å². The summed E-state index contributed by atoms with van der Waals surface area (Å²) in [7, 11) is 0. The number of aliphatic hydroxyl groups is 3. The summed E-state index contributed by atoms with van der Waals surface area (Å²) < 4.78 is 11.5. The van der Waals surface area contributed by atoms with Crippen LogP contribution in [-0.4, -0.2) is 125 Å². The van der Waals surface area contributed by atoms with Gasteiger partial charge in [0.15, 0.2) is 12.4 Å². The number of nitrogens with one attached hydrogen (secondary N) is 4. The van der Waals surface area contributed by atoms with Crippen molar-refractivity contribution in [3.05, 3.63) is 76.9 Å². The zero-order chi connectivity index (χ0) is 56.8. The Labute approximate surface area is 463 Å². The maximum atomic E-state index is 14.4. The summed E-state index contributed by atoms with van der Waals surface area (Å²) in [6.07, 6.45) is 13.7. The van der Waals surface area contributed by atoms with E-state index in [1.807, 2.05) is 42.5 Å². The second kappa shape index (κ2) is 36.1. The molecule has 78 heavy (non-hydrogen) atoms. The number of aromatic hydroxyl groups is 1. The number of rotatable bonds is 39. The predicted octanol–water partition coefficient (Wildman–Crippen LogP) is 5.72. The van der Waals surface area contributed by atoms with Crippen molar-refractivity contribution < 1.29 is 53.9 Å². The number of unbranched alkanes of at least 4 members (excludes halogenated alkanes) is 17. The van der Waals surface area contributed by atoms with Gasteiger partial charge < -0.3 is 68.4 Å². The van der Waals surface area contributed by atoms with Crippen LogP contribution in [0.4, 0.5) is 0 Å². The first-order valence-electron chi connectivity index (χ1n) is 29.1. The molecule has 1 heterocycles. The normalized spacial score (nSPS) is 18.9. The number of benzene rings is 3. The molecule has 9 atom stereocenters. The SMILES string of the molecule is CCCCCCCCCCCCCCCCCCO[C@@H]1O[C@H](C(=O)NCCCC[C@@H](NC(=O)[C@@H](N)Cc2c(C)cc(O)cc2C)C(=O)N[C@@H](Cc2ccc3ccccc3c2)C(=O)N[C@@H](CCCCN)C(N)=O)[C@@H](O)[C@H](O)[C@H]1O. The number of amides is 5. The highest BCUT2D eigenvalue weighted by Crippen LogP contribution is 2.25. The van der Waals surface area contributed by atoms with E-state index in [0.717, 1.165) is 46.7 Å². The lowest BCUT2D eigenvalue weighted by Crippen LogP contribution is -2.62. The lowest BCUT2D eigenvalue weighted by atomic mass is 9.95. The molecule has 0 aromatic heterocycles. The quantitative estimate of drug-likeness (QED) is 0.0305. The summed E-state index contributed by atoms with van der Waals surface area (Å²) in [4.78, 5) is 68.3. The van der Waals surface area contributed by atoms with Gasteiger partial charge in [0, 0.05) is 19.6 Å². The molecule has 0 bridgehead atoms. The number of phenolic OH excluding ortho intramolecular Hbond substituents is 1. The van der Waals surface area contributed by atoms with Crippen LogP contribution in [0.3, 0.4) is 0 Å². The zero-order valence-electron chi connectivity index (χ0n) is 46.9. The van der Waals surface area contributed by atoms with Crippen LogP contribution in [0.15, 0.2) is 54.6 Å². The third-order valence-electron chi connectivity index (χ3n) is 14.9. The van der Waals surface area contributed by atoms with Crippen LogP contribution in [0, 0.1) is 13.8 Å². The molecule has 0 saturated carbocycles.